The van der Waals surface area contributed by atoms with E-state index in [1.54, 1.807) is 0 Å². The Balaban J connectivity index is 2.82. The lowest BCUT2D eigenvalue weighted by Gasteiger charge is -2.08. The Morgan fingerprint density at radius 2 is 1.92 bits per heavy atom. The molecule has 0 saturated carbocycles. The van der Waals surface area contributed by atoms with Gasteiger partial charge < -0.3 is 5.73 Å². The van der Waals surface area contributed by atoms with Crippen LogP contribution in [-0.2, 0) is 13.0 Å². The van der Waals surface area contributed by atoms with Crippen LogP contribution in [0.15, 0.2) is 24.3 Å². The second kappa shape index (κ2) is 4.53. The highest BCUT2D eigenvalue weighted by Crippen LogP contribution is 2.12. The van der Waals surface area contributed by atoms with E-state index in [0.717, 1.165) is 6.42 Å². The molecule has 0 heterocycles. The van der Waals surface area contributed by atoms with Crippen molar-refractivity contribution in [2.45, 2.75) is 25.1 Å². The summed E-state index contributed by atoms with van der Waals surface area (Å²) in [5.41, 5.74) is 8.16. The summed E-state index contributed by atoms with van der Waals surface area (Å²) in [6.45, 7) is 2.72. The Kier molecular flexibility index (Phi) is 3.63. The van der Waals surface area contributed by atoms with Gasteiger partial charge in [-0.05, 0) is 17.5 Å². The second-order valence-corrected chi connectivity index (χ2v) is 3.91. The quantitative estimate of drug-likeness (QED) is 0.685. The third-order valence-corrected chi connectivity index (χ3v) is 2.04. The monoisotopic (exact) mass is 181 g/mol. The molecule has 0 bridgehead atoms. The van der Waals surface area contributed by atoms with Crippen LogP contribution < -0.4 is 5.73 Å². The summed E-state index contributed by atoms with van der Waals surface area (Å²) in [6, 6.07) is 8.26. The molecule has 2 heteroatoms. The summed E-state index contributed by atoms with van der Waals surface area (Å²) in [7, 11) is 0. The van der Waals surface area contributed by atoms with Crippen LogP contribution in [0, 0.1) is 0 Å². The smallest absolute Gasteiger partial charge is 0.0180 e. The number of benzene rings is 1. The molecule has 1 aromatic rings. The maximum atomic E-state index is 5.60. The molecular formula is C10H15NS. The maximum Gasteiger partial charge on any atom is 0.0180 e. The molecule has 12 heavy (non-hydrogen) atoms. The molecule has 1 unspecified atom stereocenters. The Bertz CT molecular complexity index is 245. The Morgan fingerprint density at radius 1 is 1.33 bits per heavy atom. The van der Waals surface area contributed by atoms with E-state index in [1.165, 1.54) is 11.1 Å². The molecule has 0 spiro atoms. The van der Waals surface area contributed by atoms with Gasteiger partial charge in [0.15, 0.2) is 0 Å². The fourth-order valence-electron chi connectivity index (χ4n) is 1.27. The summed E-state index contributed by atoms with van der Waals surface area (Å²) >= 11 is 4.35. The van der Waals surface area contributed by atoms with Crippen molar-refractivity contribution in [1.29, 1.82) is 0 Å². The molecule has 1 aromatic carbocycles. The molecule has 66 valence electrons. The largest absolute Gasteiger partial charge is 0.326 e. The van der Waals surface area contributed by atoms with Gasteiger partial charge in [-0.2, -0.15) is 12.6 Å². The molecule has 0 aliphatic heterocycles. The zero-order chi connectivity index (χ0) is 8.97. The van der Waals surface area contributed by atoms with Gasteiger partial charge >= 0.3 is 0 Å². The Hall–Kier alpha value is -0.470. The third kappa shape index (κ3) is 2.54. The van der Waals surface area contributed by atoms with E-state index in [2.05, 4.69) is 31.7 Å². The zero-order valence-electron chi connectivity index (χ0n) is 7.33. The predicted octanol–water partition coefficient (Wildman–Crippen LogP) is 2.01. The number of hydrogen-bond donors (Lipinski definition) is 2. The minimum atomic E-state index is 0.401. The van der Waals surface area contributed by atoms with E-state index < -0.39 is 0 Å². The molecule has 1 nitrogen and oxygen atoms in total. The molecule has 0 aliphatic carbocycles. The molecular weight excluding hydrogens is 166 g/mol. The van der Waals surface area contributed by atoms with Crippen molar-refractivity contribution in [2.75, 3.05) is 0 Å². The molecule has 0 fully saturated rings. The van der Waals surface area contributed by atoms with Crippen molar-refractivity contribution in [3.63, 3.8) is 0 Å². The molecule has 2 N–H and O–H groups in total. The van der Waals surface area contributed by atoms with E-state index >= 15 is 0 Å². The first-order valence-corrected chi connectivity index (χ1v) is 4.70. The Morgan fingerprint density at radius 3 is 2.42 bits per heavy atom. The van der Waals surface area contributed by atoms with Gasteiger partial charge in [0.2, 0.25) is 0 Å². The van der Waals surface area contributed by atoms with E-state index in [9.17, 15) is 0 Å². The van der Waals surface area contributed by atoms with Gasteiger partial charge in [-0.1, -0.05) is 31.2 Å². The van der Waals surface area contributed by atoms with E-state index in [-0.39, 0.29) is 0 Å². The summed E-state index contributed by atoms with van der Waals surface area (Å²) in [6.07, 6.45) is 0.997. The van der Waals surface area contributed by atoms with Crippen LogP contribution in [0.3, 0.4) is 0 Å². The lowest BCUT2D eigenvalue weighted by molar-refractivity contribution is 0.915. The number of rotatable bonds is 3. The topological polar surface area (TPSA) is 26.0 Å². The normalized spacial score (nSPS) is 12.9. The van der Waals surface area contributed by atoms with Crippen LogP contribution in [0.4, 0.5) is 0 Å². The van der Waals surface area contributed by atoms with E-state index in [1.807, 2.05) is 12.1 Å². The highest BCUT2D eigenvalue weighted by molar-refractivity contribution is 7.80. The van der Waals surface area contributed by atoms with Crippen molar-refractivity contribution in [1.82, 2.24) is 0 Å². The van der Waals surface area contributed by atoms with Gasteiger partial charge in [0.05, 0.1) is 0 Å². The zero-order valence-corrected chi connectivity index (χ0v) is 8.22. The Labute approximate surface area is 79.4 Å². The molecule has 0 radical (unpaired) electrons. The summed E-state index contributed by atoms with van der Waals surface area (Å²) in [5.74, 6) is 0. The lowest BCUT2D eigenvalue weighted by Crippen LogP contribution is -2.05. The molecule has 0 aromatic heterocycles. The second-order valence-electron chi connectivity index (χ2n) is 3.03. The minimum absolute atomic E-state index is 0.401. The average Bonchev–Trinajstić information content (AvgIpc) is 2.04. The first-order valence-electron chi connectivity index (χ1n) is 4.19. The minimum Gasteiger partial charge on any atom is -0.326 e. The first-order chi connectivity index (χ1) is 5.74. The molecule has 1 rings (SSSR count). The third-order valence-electron chi connectivity index (χ3n) is 1.85. The van der Waals surface area contributed by atoms with Crippen LogP contribution >= 0.6 is 12.6 Å². The van der Waals surface area contributed by atoms with Crippen molar-refractivity contribution in [2.24, 2.45) is 5.73 Å². The van der Waals surface area contributed by atoms with Crippen LogP contribution in [0.1, 0.15) is 18.1 Å². The number of thiol groups is 1. The van der Waals surface area contributed by atoms with Gasteiger partial charge in [0.1, 0.15) is 0 Å². The first kappa shape index (κ1) is 9.62. The summed E-state index contributed by atoms with van der Waals surface area (Å²) < 4.78 is 0. The lowest BCUT2D eigenvalue weighted by atomic mass is 10.0. The highest BCUT2D eigenvalue weighted by Gasteiger charge is 2.01. The molecule has 1 atom stereocenters. The van der Waals surface area contributed by atoms with Crippen LogP contribution in [0.5, 0.6) is 0 Å². The van der Waals surface area contributed by atoms with Gasteiger partial charge in [-0.25, -0.2) is 0 Å². The van der Waals surface area contributed by atoms with Gasteiger partial charge in [-0.3, -0.25) is 0 Å². The SMILES string of the molecule is CC(S)Cc1ccccc1CN. The fraction of sp³-hybridized carbons (Fsp3) is 0.400. The van der Waals surface area contributed by atoms with Crippen molar-refractivity contribution in [3.8, 4) is 0 Å². The maximum absolute atomic E-state index is 5.60. The van der Waals surface area contributed by atoms with Crippen LogP contribution in [0.25, 0.3) is 0 Å². The van der Waals surface area contributed by atoms with Crippen molar-refractivity contribution < 1.29 is 0 Å². The number of hydrogen-bond acceptors (Lipinski definition) is 2. The van der Waals surface area contributed by atoms with Crippen molar-refractivity contribution in [3.05, 3.63) is 35.4 Å². The van der Waals surface area contributed by atoms with Gasteiger partial charge in [0, 0.05) is 11.8 Å². The summed E-state index contributed by atoms with van der Waals surface area (Å²) in [5, 5.41) is 0.401. The average molecular weight is 181 g/mol. The molecule has 0 saturated heterocycles. The fourth-order valence-corrected chi connectivity index (χ4v) is 1.47. The summed E-state index contributed by atoms with van der Waals surface area (Å²) in [4.78, 5) is 0. The van der Waals surface area contributed by atoms with E-state index in [0.29, 0.717) is 11.8 Å². The van der Waals surface area contributed by atoms with Gasteiger partial charge in [-0.15, -0.1) is 0 Å². The van der Waals surface area contributed by atoms with E-state index in [4.69, 9.17) is 5.73 Å². The standard InChI is InChI=1S/C10H15NS/c1-8(12)6-9-4-2-3-5-10(9)7-11/h2-5,8,12H,6-7,11H2,1H3. The van der Waals surface area contributed by atoms with Crippen molar-refractivity contribution >= 4 is 12.6 Å². The van der Waals surface area contributed by atoms with Crippen LogP contribution in [-0.4, -0.2) is 5.25 Å². The van der Waals surface area contributed by atoms with Crippen LogP contribution in [0.2, 0.25) is 0 Å². The number of nitrogens with two attached hydrogens (primary N) is 1. The highest BCUT2D eigenvalue weighted by atomic mass is 32.1. The molecule has 0 amide bonds. The van der Waals surface area contributed by atoms with Gasteiger partial charge in [0.25, 0.3) is 0 Å². The predicted molar refractivity (Wildman–Crippen MR) is 56.5 cm³/mol. The molecule has 0 aliphatic rings.